The highest BCUT2D eigenvalue weighted by Gasteiger charge is 2.43. The van der Waals surface area contributed by atoms with Gasteiger partial charge in [-0.3, -0.25) is 9.59 Å². The number of carbonyl (C=O) groups excluding carboxylic acids is 2. The Kier molecular flexibility index (Phi) is 5.19. The average molecular weight is 504 g/mol. The second-order valence-electron chi connectivity index (χ2n) is 8.45. The maximum Gasteiger partial charge on any atom is 0.337 e. The molecule has 2 aliphatic rings. The third-order valence-corrected chi connectivity index (χ3v) is 6.60. The number of carbonyl (C=O) groups is 2. The second-order valence-corrected chi connectivity index (χ2v) is 8.89. The van der Waals surface area contributed by atoms with Gasteiger partial charge in [0.05, 0.1) is 29.7 Å². The van der Waals surface area contributed by atoms with Crippen molar-refractivity contribution in [3.8, 4) is 11.5 Å². The van der Waals surface area contributed by atoms with Crippen molar-refractivity contribution >= 4 is 34.4 Å². The van der Waals surface area contributed by atoms with Crippen LogP contribution >= 0.6 is 11.6 Å². The Morgan fingerprint density at radius 3 is 2.58 bits per heavy atom. The van der Waals surface area contributed by atoms with Crippen LogP contribution in [-0.2, 0) is 11.3 Å². The number of amides is 1. The summed E-state index contributed by atoms with van der Waals surface area (Å²) in [6.07, 6.45) is 0. The first-order valence-electron chi connectivity index (χ1n) is 11.1. The van der Waals surface area contributed by atoms with Crippen LogP contribution in [0.2, 0.25) is 5.02 Å². The molecule has 1 atom stereocenters. The molecule has 0 aliphatic carbocycles. The first-order chi connectivity index (χ1) is 17.4. The molecular weight excluding hydrogens is 486 g/mol. The first kappa shape index (κ1) is 22.2. The van der Waals surface area contributed by atoms with Gasteiger partial charge in [0.2, 0.25) is 12.6 Å². The van der Waals surface area contributed by atoms with Crippen LogP contribution in [0, 0.1) is 0 Å². The molecule has 0 spiro atoms. The van der Waals surface area contributed by atoms with Crippen molar-refractivity contribution in [2.24, 2.45) is 0 Å². The van der Waals surface area contributed by atoms with Gasteiger partial charge in [0.15, 0.2) is 16.9 Å². The molecule has 4 aromatic rings. The molecule has 0 radical (unpaired) electrons. The van der Waals surface area contributed by atoms with Crippen LogP contribution in [0.3, 0.4) is 0 Å². The van der Waals surface area contributed by atoms with E-state index in [1.165, 1.54) is 13.2 Å². The van der Waals surface area contributed by atoms with E-state index in [2.05, 4.69) is 0 Å². The lowest BCUT2D eigenvalue weighted by Gasteiger charge is -2.25. The van der Waals surface area contributed by atoms with E-state index in [0.717, 1.165) is 5.56 Å². The van der Waals surface area contributed by atoms with Crippen LogP contribution in [-0.4, -0.2) is 30.7 Å². The molecule has 180 valence electrons. The molecular formula is C27H18ClNO7. The molecule has 9 heteroatoms. The molecule has 1 aromatic heterocycles. The van der Waals surface area contributed by atoms with Gasteiger partial charge in [-0.1, -0.05) is 29.8 Å². The number of hydrogen-bond acceptors (Lipinski definition) is 7. The number of hydrogen-bond donors (Lipinski definition) is 0. The van der Waals surface area contributed by atoms with Gasteiger partial charge in [0.1, 0.15) is 5.58 Å². The Morgan fingerprint density at radius 1 is 1.03 bits per heavy atom. The minimum Gasteiger partial charge on any atom is -0.465 e. The number of methoxy groups -OCH3 is 1. The van der Waals surface area contributed by atoms with E-state index in [4.69, 9.17) is 30.2 Å². The zero-order valence-electron chi connectivity index (χ0n) is 18.9. The van der Waals surface area contributed by atoms with Gasteiger partial charge in [-0.15, -0.1) is 0 Å². The number of benzene rings is 3. The monoisotopic (exact) mass is 503 g/mol. The van der Waals surface area contributed by atoms with Gasteiger partial charge < -0.3 is 23.5 Å². The quantitative estimate of drug-likeness (QED) is 0.372. The molecule has 8 nitrogen and oxygen atoms in total. The summed E-state index contributed by atoms with van der Waals surface area (Å²) >= 11 is 6.14. The van der Waals surface area contributed by atoms with E-state index >= 15 is 0 Å². The highest BCUT2D eigenvalue weighted by Crippen LogP contribution is 2.40. The lowest BCUT2D eigenvalue weighted by molar-refractivity contribution is 0.0599. The highest BCUT2D eigenvalue weighted by molar-refractivity contribution is 6.31. The molecule has 0 saturated carbocycles. The van der Waals surface area contributed by atoms with Crippen molar-refractivity contribution in [1.29, 1.82) is 0 Å². The third kappa shape index (κ3) is 3.49. The SMILES string of the molecule is COC(=O)c1ccc(C2c3c(oc4ccc(Cl)cc4c3=O)C(=O)N2Cc2ccc3c(c2)OCO3)cc1. The van der Waals surface area contributed by atoms with Crippen molar-refractivity contribution in [1.82, 2.24) is 4.90 Å². The maximum atomic E-state index is 13.7. The fraction of sp³-hybridized carbons (Fsp3) is 0.148. The molecule has 3 aromatic carbocycles. The Morgan fingerprint density at radius 2 is 1.81 bits per heavy atom. The number of halogens is 1. The van der Waals surface area contributed by atoms with Crippen LogP contribution in [0.5, 0.6) is 11.5 Å². The first-order valence-corrected chi connectivity index (χ1v) is 11.5. The standard InChI is InChI=1S/C27H18ClNO7/c1-33-27(32)16-5-3-15(4-6-16)23-22-24(30)18-11-17(28)7-9-19(18)36-25(22)26(31)29(23)12-14-2-8-20-21(10-14)35-13-34-20/h2-11,23H,12-13H2,1H3. The summed E-state index contributed by atoms with van der Waals surface area (Å²) in [5, 5.41) is 0.672. The van der Waals surface area contributed by atoms with Crippen molar-refractivity contribution in [2.45, 2.75) is 12.6 Å². The van der Waals surface area contributed by atoms with Gasteiger partial charge in [-0.05, 0) is 53.6 Å². The molecule has 0 bridgehead atoms. The van der Waals surface area contributed by atoms with Crippen LogP contribution in [0.15, 0.2) is 69.9 Å². The lowest BCUT2D eigenvalue weighted by atomic mass is 9.97. The van der Waals surface area contributed by atoms with E-state index in [1.807, 2.05) is 12.1 Å². The van der Waals surface area contributed by atoms with Gasteiger partial charge in [0.25, 0.3) is 5.91 Å². The summed E-state index contributed by atoms with van der Waals surface area (Å²) in [6.45, 7) is 0.315. The zero-order chi connectivity index (χ0) is 25.0. The molecule has 36 heavy (non-hydrogen) atoms. The lowest BCUT2D eigenvalue weighted by Crippen LogP contribution is -2.29. The highest BCUT2D eigenvalue weighted by atomic mass is 35.5. The minimum absolute atomic E-state index is 0.0161. The van der Waals surface area contributed by atoms with Gasteiger partial charge in [-0.25, -0.2) is 4.79 Å². The topological polar surface area (TPSA) is 95.3 Å². The van der Waals surface area contributed by atoms with Gasteiger partial charge >= 0.3 is 5.97 Å². The number of fused-ring (bicyclic) bond motifs is 3. The van der Waals surface area contributed by atoms with Gasteiger partial charge in [-0.2, -0.15) is 0 Å². The van der Waals surface area contributed by atoms with Gasteiger partial charge in [0, 0.05) is 11.6 Å². The van der Waals surface area contributed by atoms with E-state index in [9.17, 15) is 14.4 Å². The molecule has 0 N–H and O–H groups in total. The largest absolute Gasteiger partial charge is 0.465 e. The van der Waals surface area contributed by atoms with E-state index in [-0.39, 0.29) is 41.1 Å². The molecule has 1 unspecified atom stereocenters. The Hall–Kier alpha value is -4.30. The Labute approximate surface area is 209 Å². The molecule has 0 fully saturated rings. The molecule has 0 saturated heterocycles. The van der Waals surface area contributed by atoms with E-state index < -0.39 is 17.9 Å². The van der Waals surface area contributed by atoms with Crippen molar-refractivity contribution < 1.29 is 28.2 Å². The van der Waals surface area contributed by atoms with Crippen LogP contribution in [0.1, 0.15) is 43.6 Å². The average Bonchev–Trinajstić information content (AvgIpc) is 3.47. The van der Waals surface area contributed by atoms with Crippen molar-refractivity contribution in [3.05, 3.63) is 104 Å². The Bertz CT molecular complexity index is 1610. The third-order valence-electron chi connectivity index (χ3n) is 6.37. The van der Waals surface area contributed by atoms with Crippen molar-refractivity contribution in [3.63, 3.8) is 0 Å². The predicted molar refractivity (Wildman–Crippen MR) is 130 cm³/mol. The second kappa shape index (κ2) is 8.42. The summed E-state index contributed by atoms with van der Waals surface area (Å²) in [5.41, 5.74) is 1.95. The predicted octanol–water partition coefficient (Wildman–Crippen LogP) is 4.71. The zero-order valence-corrected chi connectivity index (χ0v) is 19.7. The molecule has 1 amide bonds. The van der Waals surface area contributed by atoms with Crippen LogP contribution in [0.25, 0.3) is 11.0 Å². The summed E-state index contributed by atoms with van der Waals surface area (Å²) < 4.78 is 21.6. The number of rotatable bonds is 4. The number of ether oxygens (including phenoxy) is 3. The summed E-state index contributed by atoms with van der Waals surface area (Å²) in [4.78, 5) is 40.8. The molecule has 6 rings (SSSR count). The summed E-state index contributed by atoms with van der Waals surface area (Å²) in [5.74, 6) is 0.299. The minimum atomic E-state index is -0.746. The molecule has 2 aliphatic heterocycles. The van der Waals surface area contributed by atoms with E-state index in [1.54, 1.807) is 47.4 Å². The van der Waals surface area contributed by atoms with E-state index in [0.29, 0.717) is 27.6 Å². The smallest absolute Gasteiger partial charge is 0.337 e. The molecule has 3 heterocycles. The normalized spacial score (nSPS) is 15.9. The van der Waals surface area contributed by atoms with Crippen LogP contribution < -0.4 is 14.9 Å². The Balaban J connectivity index is 1.50. The van der Waals surface area contributed by atoms with Crippen molar-refractivity contribution in [2.75, 3.05) is 13.9 Å². The summed E-state index contributed by atoms with van der Waals surface area (Å²) in [6, 6.07) is 16.0. The fourth-order valence-electron chi connectivity index (χ4n) is 4.66. The number of nitrogens with zero attached hydrogens (tertiary/aromatic N) is 1. The summed E-state index contributed by atoms with van der Waals surface area (Å²) in [7, 11) is 1.30. The maximum absolute atomic E-state index is 13.7. The van der Waals surface area contributed by atoms with Crippen LogP contribution in [0.4, 0.5) is 0 Å². The fourth-order valence-corrected chi connectivity index (χ4v) is 4.83. The number of esters is 1.